The van der Waals surface area contributed by atoms with E-state index < -0.39 is 17.7 Å². The molecule has 0 saturated carbocycles. The van der Waals surface area contributed by atoms with E-state index in [1.165, 1.54) is 18.2 Å². The molecular formula is C16H16ClF2N. The molecule has 0 aliphatic rings. The van der Waals surface area contributed by atoms with Crippen LogP contribution in [0, 0.1) is 11.6 Å². The van der Waals surface area contributed by atoms with Gasteiger partial charge in [-0.25, -0.2) is 8.78 Å². The van der Waals surface area contributed by atoms with E-state index in [0.29, 0.717) is 5.02 Å². The van der Waals surface area contributed by atoms with Crippen LogP contribution in [0.1, 0.15) is 37.1 Å². The predicted molar refractivity (Wildman–Crippen MR) is 77.8 cm³/mol. The molecule has 1 N–H and O–H groups in total. The molecule has 2 aromatic carbocycles. The van der Waals surface area contributed by atoms with Crippen LogP contribution >= 0.6 is 11.6 Å². The molecule has 0 bridgehead atoms. The molecule has 0 heterocycles. The maximum atomic E-state index is 13.7. The van der Waals surface area contributed by atoms with Crippen molar-refractivity contribution in [3.63, 3.8) is 0 Å². The highest BCUT2D eigenvalue weighted by molar-refractivity contribution is 6.30. The van der Waals surface area contributed by atoms with Crippen molar-refractivity contribution in [1.82, 2.24) is 5.32 Å². The van der Waals surface area contributed by atoms with Crippen molar-refractivity contribution in [3.05, 3.63) is 70.2 Å². The second kappa shape index (κ2) is 6.33. The highest BCUT2D eigenvalue weighted by Crippen LogP contribution is 2.24. The quantitative estimate of drug-likeness (QED) is 0.834. The Bertz CT molecular complexity index is 563. The van der Waals surface area contributed by atoms with E-state index in [1.807, 2.05) is 19.1 Å². The number of rotatable bonds is 4. The molecule has 0 aliphatic heterocycles. The van der Waals surface area contributed by atoms with E-state index in [-0.39, 0.29) is 11.6 Å². The van der Waals surface area contributed by atoms with Gasteiger partial charge in [0, 0.05) is 22.7 Å². The zero-order chi connectivity index (χ0) is 14.7. The normalized spacial score (nSPS) is 14.1. The predicted octanol–water partition coefficient (Wildman–Crippen LogP) is 5.03. The van der Waals surface area contributed by atoms with E-state index in [4.69, 9.17) is 11.6 Å². The van der Waals surface area contributed by atoms with Gasteiger partial charge in [-0.15, -0.1) is 0 Å². The molecule has 0 amide bonds. The lowest BCUT2D eigenvalue weighted by molar-refractivity contribution is 0.450. The van der Waals surface area contributed by atoms with Crippen LogP contribution in [0.25, 0.3) is 0 Å². The lowest BCUT2D eigenvalue weighted by Crippen LogP contribution is -2.24. The highest BCUT2D eigenvalue weighted by Gasteiger charge is 2.18. The molecule has 2 rings (SSSR count). The average Bonchev–Trinajstić information content (AvgIpc) is 2.39. The van der Waals surface area contributed by atoms with Gasteiger partial charge in [-0.2, -0.15) is 0 Å². The van der Waals surface area contributed by atoms with Gasteiger partial charge in [0.2, 0.25) is 0 Å². The van der Waals surface area contributed by atoms with Crippen LogP contribution in [0.15, 0.2) is 42.5 Å². The van der Waals surface area contributed by atoms with Crippen molar-refractivity contribution in [3.8, 4) is 0 Å². The fourth-order valence-electron chi connectivity index (χ4n) is 2.23. The van der Waals surface area contributed by atoms with Gasteiger partial charge in [0.05, 0.1) is 0 Å². The van der Waals surface area contributed by atoms with E-state index >= 15 is 0 Å². The smallest absolute Gasteiger partial charge is 0.130 e. The van der Waals surface area contributed by atoms with Crippen LogP contribution in [0.4, 0.5) is 8.78 Å². The van der Waals surface area contributed by atoms with E-state index in [2.05, 4.69) is 5.32 Å². The summed E-state index contributed by atoms with van der Waals surface area (Å²) in [4.78, 5) is 0. The molecular weight excluding hydrogens is 280 g/mol. The Balaban J connectivity index is 2.15. The Kier molecular flexibility index (Phi) is 4.73. The lowest BCUT2D eigenvalue weighted by Gasteiger charge is -2.21. The van der Waals surface area contributed by atoms with Crippen LogP contribution in [-0.4, -0.2) is 0 Å². The number of halogens is 3. The number of hydrogen-bond donors (Lipinski definition) is 1. The topological polar surface area (TPSA) is 12.0 Å². The average molecular weight is 296 g/mol. The maximum absolute atomic E-state index is 13.7. The van der Waals surface area contributed by atoms with Gasteiger partial charge in [0.1, 0.15) is 11.6 Å². The lowest BCUT2D eigenvalue weighted by atomic mass is 10.0. The molecule has 20 heavy (non-hydrogen) atoms. The minimum Gasteiger partial charge on any atom is -0.303 e. The molecule has 0 aromatic heterocycles. The molecule has 2 aromatic rings. The van der Waals surface area contributed by atoms with E-state index in [9.17, 15) is 8.78 Å². The van der Waals surface area contributed by atoms with Crippen LogP contribution in [0.2, 0.25) is 5.02 Å². The molecule has 1 nitrogen and oxygen atoms in total. The van der Waals surface area contributed by atoms with Crippen molar-refractivity contribution in [2.75, 3.05) is 0 Å². The summed E-state index contributed by atoms with van der Waals surface area (Å²) < 4.78 is 27.4. The van der Waals surface area contributed by atoms with Crippen molar-refractivity contribution in [1.29, 1.82) is 0 Å². The van der Waals surface area contributed by atoms with Gasteiger partial charge in [0.15, 0.2) is 0 Å². The van der Waals surface area contributed by atoms with Crippen molar-refractivity contribution in [2.45, 2.75) is 25.9 Å². The Labute approximate surface area is 122 Å². The van der Waals surface area contributed by atoms with Gasteiger partial charge in [0.25, 0.3) is 0 Å². The molecule has 0 fully saturated rings. The summed E-state index contributed by atoms with van der Waals surface area (Å²) in [6.07, 6.45) is 0. The Morgan fingerprint density at radius 3 is 2.00 bits per heavy atom. The third-order valence-corrected chi connectivity index (χ3v) is 3.55. The SMILES string of the molecule is CC(N[C@@H](C)c1ccc(Cl)cc1)c1c(F)cccc1F. The van der Waals surface area contributed by atoms with Crippen LogP contribution in [0.3, 0.4) is 0 Å². The summed E-state index contributed by atoms with van der Waals surface area (Å²) in [7, 11) is 0. The third-order valence-electron chi connectivity index (χ3n) is 3.30. The molecule has 0 radical (unpaired) electrons. The monoisotopic (exact) mass is 295 g/mol. The van der Waals surface area contributed by atoms with Gasteiger partial charge in [-0.05, 0) is 43.7 Å². The van der Waals surface area contributed by atoms with Crippen molar-refractivity contribution < 1.29 is 8.78 Å². The zero-order valence-electron chi connectivity index (χ0n) is 11.3. The second-order valence-electron chi connectivity index (χ2n) is 4.80. The summed E-state index contributed by atoms with van der Waals surface area (Å²) in [5.41, 5.74) is 1.08. The van der Waals surface area contributed by atoms with Gasteiger partial charge < -0.3 is 5.32 Å². The zero-order valence-corrected chi connectivity index (χ0v) is 12.1. The van der Waals surface area contributed by atoms with Crippen LogP contribution < -0.4 is 5.32 Å². The molecule has 0 saturated heterocycles. The summed E-state index contributed by atoms with van der Waals surface area (Å²) in [6.45, 7) is 3.69. The first kappa shape index (κ1) is 14.9. The van der Waals surface area contributed by atoms with Crippen molar-refractivity contribution in [2.24, 2.45) is 0 Å². The summed E-state index contributed by atoms with van der Waals surface area (Å²) in [6, 6.07) is 10.8. The summed E-state index contributed by atoms with van der Waals surface area (Å²) in [5.74, 6) is -1.07. The largest absolute Gasteiger partial charge is 0.303 e. The second-order valence-corrected chi connectivity index (χ2v) is 5.23. The number of nitrogens with one attached hydrogen (secondary N) is 1. The summed E-state index contributed by atoms with van der Waals surface area (Å²) >= 11 is 5.84. The standard InChI is InChI=1S/C16H16ClF2N/c1-10(12-6-8-13(17)9-7-12)20-11(2)16-14(18)4-3-5-15(16)19/h3-11,20H,1-2H3/t10-,11?/m0/s1. The summed E-state index contributed by atoms with van der Waals surface area (Å²) in [5, 5.41) is 3.85. The number of benzene rings is 2. The minimum absolute atomic E-state index is 0.0405. The van der Waals surface area contributed by atoms with E-state index in [1.54, 1.807) is 19.1 Å². The van der Waals surface area contributed by atoms with Crippen LogP contribution in [0.5, 0.6) is 0 Å². The van der Waals surface area contributed by atoms with Gasteiger partial charge in [-0.1, -0.05) is 29.8 Å². The molecule has 0 spiro atoms. The molecule has 106 valence electrons. The van der Waals surface area contributed by atoms with Gasteiger partial charge in [-0.3, -0.25) is 0 Å². The Hall–Kier alpha value is -1.45. The minimum atomic E-state index is -0.534. The van der Waals surface area contributed by atoms with Gasteiger partial charge >= 0.3 is 0 Å². The Morgan fingerprint density at radius 1 is 0.900 bits per heavy atom. The number of hydrogen-bond acceptors (Lipinski definition) is 1. The highest BCUT2D eigenvalue weighted by atomic mass is 35.5. The fraction of sp³-hybridized carbons (Fsp3) is 0.250. The fourth-order valence-corrected chi connectivity index (χ4v) is 2.36. The first-order chi connectivity index (χ1) is 9.49. The molecule has 0 aliphatic carbocycles. The van der Waals surface area contributed by atoms with E-state index in [0.717, 1.165) is 5.56 Å². The maximum Gasteiger partial charge on any atom is 0.130 e. The third kappa shape index (κ3) is 3.35. The molecule has 1 unspecified atom stereocenters. The Morgan fingerprint density at radius 2 is 1.45 bits per heavy atom. The first-order valence-corrected chi connectivity index (χ1v) is 6.82. The van der Waals surface area contributed by atoms with Crippen molar-refractivity contribution >= 4 is 11.6 Å². The first-order valence-electron chi connectivity index (χ1n) is 6.44. The molecule has 2 atom stereocenters. The molecule has 4 heteroatoms. The van der Waals surface area contributed by atoms with Crippen LogP contribution in [-0.2, 0) is 0 Å².